The zero-order chi connectivity index (χ0) is 20.1. The molecule has 146 valence electrons. The van der Waals surface area contributed by atoms with E-state index in [1.54, 1.807) is 24.3 Å². The van der Waals surface area contributed by atoms with Crippen molar-refractivity contribution in [3.63, 3.8) is 0 Å². The molecule has 0 bridgehead atoms. The van der Waals surface area contributed by atoms with Crippen molar-refractivity contribution < 1.29 is 19.5 Å². The lowest BCUT2D eigenvalue weighted by atomic mass is 10.0. The van der Waals surface area contributed by atoms with Crippen LogP contribution in [0.2, 0.25) is 0 Å². The van der Waals surface area contributed by atoms with Crippen molar-refractivity contribution in [1.82, 2.24) is 5.32 Å². The molecule has 6 heteroatoms. The standard InChI is InChI=1S/C22H24N2O4/c1-14-12-18(14)22(28)23-17-9-5-8-16(13-17)21(27)24-19(10-11-20(25)26)15-6-3-2-4-7-15/h2-9,13-14,18-19H,10-12H2,1H3,(H,23,28)(H,24,27)(H,25,26). The summed E-state index contributed by atoms with van der Waals surface area (Å²) < 4.78 is 0. The van der Waals surface area contributed by atoms with Crippen molar-refractivity contribution in [3.8, 4) is 0 Å². The Morgan fingerprint density at radius 1 is 1.11 bits per heavy atom. The van der Waals surface area contributed by atoms with Gasteiger partial charge >= 0.3 is 5.97 Å². The van der Waals surface area contributed by atoms with E-state index in [2.05, 4.69) is 10.6 Å². The lowest BCUT2D eigenvalue weighted by Crippen LogP contribution is -2.29. The van der Waals surface area contributed by atoms with Gasteiger partial charge in [0.25, 0.3) is 5.91 Å². The van der Waals surface area contributed by atoms with E-state index in [4.69, 9.17) is 5.11 Å². The second-order valence-corrected chi connectivity index (χ2v) is 7.26. The van der Waals surface area contributed by atoms with Crippen LogP contribution in [0.5, 0.6) is 0 Å². The molecule has 0 saturated heterocycles. The lowest BCUT2D eigenvalue weighted by Gasteiger charge is -2.19. The predicted molar refractivity (Wildman–Crippen MR) is 106 cm³/mol. The zero-order valence-electron chi connectivity index (χ0n) is 15.7. The molecule has 0 spiro atoms. The van der Waals surface area contributed by atoms with Crippen LogP contribution in [0.1, 0.15) is 48.1 Å². The Hall–Kier alpha value is -3.15. The first-order valence-electron chi connectivity index (χ1n) is 9.42. The summed E-state index contributed by atoms with van der Waals surface area (Å²) in [7, 11) is 0. The number of carbonyl (C=O) groups is 3. The molecule has 3 N–H and O–H groups in total. The smallest absolute Gasteiger partial charge is 0.303 e. The van der Waals surface area contributed by atoms with Gasteiger partial charge in [-0.2, -0.15) is 0 Å². The van der Waals surface area contributed by atoms with Crippen molar-refractivity contribution in [2.75, 3.05) is 5.32 Å². The van der Waals surface area contributed by atoms with Crippen molar-refractivity contribution in [2.45, 2.75) is 32.2 Å². The highest BCUT2D eigenvalue weighted by Gasteiger charge is 2.39. The van der Waals surface area contributed by atoms with Crippen molar-refractivity contribution in [3.05, 3.63) is 65.7 Å². The number of carbonyl (C=O) groups excluding carboxylic acids is 2. The monoisotopic (exact) mass is 380 g/mol. The molecule has 0 aromatic heterocycles. The molecule has 3 rings (SSSR count). The SMILES string of the molecule is CC1CC1C(=O)Nc1cccc(C(=O)NC(CCC(=O)O)c2ccccc2)c1. The zero-order valence-corrected chi connectivity index (χ0v) is 15.7. The number of carboxylic acid groups (broad SMARTS) is 1. The molecule has 0 radical (unpaired) electrons. The van der Waals surface area contributed by atoms with Gasteiger partial charge < -0.3 is 15.7 Å². The van der Waals surface area contributed by atoms with Crippen LogP contribution in [-0.2, 0) is 9.59 Å². The molecule has 0 heterocycles. The van der Waals surface area contributed by atoms with Gasteiger partial charge in [0.15, 0.2) is 0 Å². The summed E-state index contributed by atoms with van der Waals surface area (Å²) in [5, 5.41) is 14.8. The number of anilines is 1. The molecule has 2 aromatic rings. The second kappa shape index (κ2) is 8.69. The molecular weight excluding hydrogens is 356 g/mol. The van der Waals surface area contributed by atoms with E-state index in [0.717, 1.165) is 12.0 Å². The summed E-state index contributed by atoms with van der Waals surface area (Å²) in [6, 6.07) is 15.7. The molecular formula is C22H24N2O4. The lowest BCUT2D eigenvalue weighted by molar-refractivity contribution is -0.137. The number of rotatable bonds is 8. The highest BCUT2D eigenvalue weighted by molar-refractivity contribution is 5.98. The fourth-order valence-electron chi connectivity index (χ4n) is 3.18. The Morgan fingerprint density at radius 2 is 1.82 bits per heavy atom. The van der Waals surface area contributed by atoms with E-state index in [1.165, 1.54) is 0 Å². The Labute approximate surface area is 164 Å². The molecule has 2 aromatic carbocycles. The molecule has 3 atom stereocenters. The van der Waals surface area contributed by atoms with Gasteiger partial charge in [-0.25, -0.2) is 0 Å². The minimum Gasteiger partial charge on any atom is -0.481 e. The second-order valence-electron chi connectivity index (χ2n) is 7.26. The highest BCUT2D eigenvalue weighted by atomic mass is 16.4. The molecule has 0 aliphatic heterocycles. The number of nitrogens with one attached hydrogen (secondary N) is 2. The Morgan fingerprint density at radius 3 is 2.46 bits per heavy atom. The predicted octanol–water partition coefficient (Wildman–Crippen LogP) is 3.62. The third kappa shape index (κ3) is 5.19. The fraction of sp³-hybridized carbons (Fsp3) is 0.318. The maximum atomic E-state index is 12.7. The first-order chi connectivity index (χ1) is 13.4. The molecule has 1 aliphatic rings. The highest BCUT2D eigenvalue weighted by Crippen LogP contribution is 2.38. The van der Waals surface area contributed by atoms with Crippen LogP contribution in [-0.4, -0.2) is 22.9 Å². The molecule has 1 saturated carbocycles. The largest absolute Gasteiger partial charge is 0.481 e. The number of hydrogen-bond donors (Lipinski definition) is 3. The molecule has 2 amide bonds. The fourth-order valence-corrected chi connectivity index (χ4v) is 3.18. The molecule has 3 unspecified atom stereocenters. The van der Waals surface area contributed by atoms with Gasteiger partial charge in [-0.3, -0.25) is 14.4 Å². The van der Waals surface area contributed by atoms with E-state index >= 15 is 0 Å². The van der Waals surface area contributed by atoms with Crippen LogP contribution < -0.4 is 10.6 Å². The number of carboxylic acids is 1. The first-order valence-corrected chi connectivity index (χ1v) is 9.42. The van der Waals surface area contributed by atoms with Crippen LogP contribution >= 0.6 is 0 Å². The molecule has 1 aliphatic carbocycles. The number of amides is 2. The number of hydrogen-bond acceptors (Lipinski definition) is 3. The van der Waals surface area contributed by atoms with E-state index in [1.807, 2.05) is 37.3 Å². The van der Waals surface area contributed by atoms with Crippen LogP contribution in [0.3, 0.4) is 0 Å². The average Bonchev–Trinajstić information content (AvgIpc) is 3.42. The summed E-state index contributed by atoms with van der Waals surface area (Å²) in [6.45, 7) is 2.04. The first kappa shape index (κ1) is 19.6. The Bertz CT molecular complexity index is 866. The topological polar surface area (TPSA) is 95.5 Å². The van der Waals surface area contributed by atoms with Crippen molar-refractivity contribution >= 4 is 23.5 Å². The minimum atomic E-state index is -0.908. The summed E-state index contributed by atoms with van der Waals surface area (Å²) in [4.78, 5) is 35.8. The van der Waals surface area contributed by atoms with Crippen LogP contribution in [0.15, 0.2) is 54.6 Å². The molecule has 28 heavy (non-hydrogen) atoms. The van der Waals surface area contributed by atoms with Gasteiger partial charge in [0.05, 0.1) is 6.04 Å². The van der Waals surface area contributed by atoms with Crippen LogP contribution in [0.25, 0.3) is 0 Å². The van der Waals surface area contributed by atoms with Crippen molar-refractivity contribution in [2.24, 2.45) is 11.8 Å². The molecule has 6 nitrogen and oxygen atoms in total. The van der Waals surface area contributed by atoms with Gasteiger partial charge in [-0.1, -0.05) is 43.3 Å². The van der Waals surface area contributed by atoms with E-state index < -0.39 is 12.0 Å². The van der Waals surface area contributed by atoms with E-state index in [9.17, 15) is 14.4 Å². The Kier molecular flexibility index (Phi) is 6.09. The third-order valence-corrected chi connectivity index (χ3v) is 4.99. The average molecular weight is 380 g/mol. The summed E-state index contributed by atoms with van der Waals surface area (Å²) in [6.07, 6.45) is 1.14. The van der Waals surface area contributed by atoms with Crippen molar-refractivity contribution in [1.29, 1.82) is 0 Å². The summed E-state index contributed by atoms with van der Waals surface area (Å²) in [5.41, 5.74) is 1.85. The van der Waals surface area contributed by atoms with Crippen LogP contribution in [0, 0.1) is 11.8 Å². The minimum absolute atomic E-state index is 0.0197. The maximum absolute atomic E-state index is 12.7. The van der Waals surface area contributed by atoms with Gasteiger partial charge in [0, 0.05) is 23.6 Å². The maximum Gasteiger partial charge on any atom is 0.303 e. The van der Waals surface area contributed by atoms with Crippen LogP contribution in [0.4, 0.5) is 5.69 Å². The molecule has 1 fully saturated rings. The van der Waals surface area contributed by atoms with E-state index in [-0.39, 0.29) is 24.2 Å². The van der Waals surface area contributed by atoms with E-state index in [0.29, 0.717) is 23.6 Å². The summed E-state index contributed by atoms with van der Waals surface area (Å²) in [5.74, 6) is -0.777. The van der Waals surface area contributed by atoms with Gasteiger partial charge in [-0.15, -0.1) is 0 Å². The quantitative estimate of drug-likeness (QED) is 0.652. The number of aliphatic carboxylic acids is 1. The van der Waals surface area contributed by atoms with Gasteiger partial charge in [0.2, 0.25) is 5.91 Å². The Balaban J connectivity index is 1.69. The van der Waals surface area contributed by atoms with Gasteiger partial charge in [-0.05, 0) is 42.5 Å². The third-order valence-electron chi connectivity index (χ3n) is 4.99. The summed E-state index contributed by atoms with van der Waals surface area (Å²) >= 11 is 0. The normalized spacial score (nSPS) is 18.8. The number of benzene rings is 2. The van der Waals surface area contributed by atoms with Gasteiger partial charge in [0.1, 0.15) is 0 Å².